The Bertz CT molecular complexity index is 692. The fourth-order valence-electron chi connectivity index (χ4n) is 2.06. The maximum absolute atomic E-state index is 12.1. The van der Waals surface area contributed by atoms with Gasteiger partial charge in [0.15, 0.2) is 0 Å². The summed E-state index contributed by atoms with van der Waals surface area (Å²) < 4.78 is 10.5. The highest BCUT2D eigenvalue weighted by molar-refractivity contribution is 6.31. The largest absolute Gasteiger partial charge is 0.491 e. The van der Waals surface area contributed by atoms with Crippen molar-refractivity contribution < 1.29 is 14.3 Å². The second-order valence-corrected chi connectivity index (χ2v) is 5.59. The summed E-state index contributed by atoms with van der Waals surface area (Å²) in [5, 5.41) is 6.54. The van der Waals surface area contributed by atoms with E-state index in [0.29, 0.717) is 23.9 Å². The van der Waals surface area contributed by atoms with E-state index >= 15 is 0 Å². The molecule has 0 spiro atoms. The number of anilines is 2. The van der Waals surface area contributed by atoms with Gasteiger partial charge in [-0.2, -0.15) is 0 Å². The molecule has 6 heteroatoms. The molecule has 2 aromatic carbocycles. The molecule has 0 aliphatic rings. The van der Waals surface area contributed by atoms with Gasteiger partial charge in [0, 0.05) is 29.6 Å². The third-order valence-corrected chi connectivity index (χ3v) is 3.79. The highest BCUT2D eigenvalue weighted by Crippen LogP contribution is 2.23. The van der Waals surface area contributed by atoms with Gasteiger partial charge in [-0.3, -0.25) is 4.79 Å². The van der Waals surface area contributed by atoms with Gasteiger partial charge in [0.1, 0.15) is 12.4 Å². The Morgan fingerprint density at radius 1 is 1.17 bits per heavy atom. The topological polar surface area (TPSA) is 59.6 Å². The molecule has 5 nitrogen and oxygen atoms in total. The lowest BCUT2D eigenvalue weighted by Crippen LogP contribution is -2.22. The summed E-state index contributed by atoms with van der Waals surface area (Å²) in [6.07, 6.45) is 0. The predicted octanol–water partition coefficient (Wildman–Crippen LogP) is 3.72. The standard InChI is InChI=1S/C18H21ClN2O3/c1-13-16(19)7-4-8-17(13)21-18(22)12-20-14-5-3-6-15(11-14)24-10-9-23-2/h3-8,11,20H,9-10,12H2,1-2H3,(H,21,22). The van der Waals surface area contributed by atoms with Crippen molar-refractivity contribution in [2.45, 2.75) is 6.92 Å². The maximum atomic E-state index is 12.1. The molecule has 0 fully saturated rings. The molecule has 2 aromatic rings. The molecule has 0 bridgehead atoms. The van der Waals surface area contributed by atoms with Crippen molar-refractivity contribution in [3.63, 3.8) is 0 Å². The van der Waals surface area contributed by atoms with Crippen molar-refractivity contribution >= 4 is 28.9 Å². The quantitative estimate of drug-likeness (QED) is 0.714. The molecular weight excluding hydrogens is 328 g/mol. The van der Waals surface area contributed by atoms with Crippen LogP contribution in [0.2, 0.25) is 5.02 Å². The minimum atomic E-state index is -0.147. The number of amides is 1. The number of rotatable bonds is 8. The van der Waals surface area contributed by atoms with E-state index in [-0.39, 0.29) is 12.5 Å². The number of nitrogens with one attached hydrogen (secondary N) is 2. The van der Waals surface area contributed by atoms with Gasteiger partial charge in [-0.25, -0.2) is 0 Å². The second-order valence-electron chi connectivity index (χ2n) is 5.18. The zero-order valence-electron chi connectivity index (χ0n) is 13.8. The summed E-state index contributed by atoms with van der Waals surface area (Å²) in [6.45, 7) is 3.02. The highest BCUT2D eigenvalue weighted by Gasteiger charge is 2.07. The number of benzene rings is 2. The second kappa shape index (κ2) is 9.15. The lowest BCUT2D eigenvalue weighted by molar-refractivity contribution is -0.114. The summed E-state index contributed by atoms with van der Waals surface area (Å²) in [5.74, 6) is 0.578. The summed E-state index contributed by atoms with van der Waals surface area (Å²) >= 11 is 6.05. The molecular formula is C18H21ClN2O3. The first-order valence-electron chi connectivity index (χ1n) is 7.61. The first-order valence-corrected chi connectivity index (χ1v) is 7.98. The van der Waals surface area contributed by atoms with E-state index in [1.54, 1.807) is 19.2 Å². The van der Waals surface area contributed by atoms with Crippen molar-refractivity contribution in [3.05, 3.63) is 53.1 Å². The van der Waals surface area contributed by atoms with Gasteiger partial charge >= 0.3 is 0 Å². The van der Waals surface area contributed by atoms with Gasteiger partial charge < -0.3 is 20.1 Å². The molecule has 24 heavy (non-hydrogen) atoms. The van der Waals surface area contributed by atoms with Crippen molar-refractivity contribution in [1.29, 1.82) is 0 Å². The number of methoxy groups -OCH3 is 1. The Balaban J connectivity index is 1.87. The van der Waals surface area contributed by atoms with E-state index in [2.05, 4.69) is 10.6 Å². The van der Waals surface area contributed by atoms with Crippen LogP contribution in [0.4, 0.5) is 11.4 Å². The van der Waals surface area contributed by atoms with E-state index in [9.17, 15) is 4.79 Å². The van der Waals surface area contributed by atoms with E-state index < -0.39 is 0 Å². The molecule has 1 amide bonds. The van der Waals surface area contributed by atoms with E-state index in [0.717, 1.165) is 17.0 Å². The zero-order chi connectivity index (χ0) is 17.4. The average molecular weight is 349 g/mol. The molecule has 2 rings (SSSR count). The van der Waals surface area contributed by atoms with Crippen LogP contribution >= 0.6 is 11.6 Å². The zero-order valence-corrected chi connectivity index (χ0v) is 14.5. The molecule has 0 radical (unpaired) electrons. The number of carbonyl (C=O) groups excluding carboxylic acids is 1. The van der Waals surface area contributed by atoms with Gasteiger partial charge in [0.25, 0.3) is 0 Å². The van der Waals surface area contributed by atoms with Crippen molar-refractivity contribution in [2.24, 2.45) is 0 Å². The minimum absolute atomic E-state index is 0.146. The van der Waals surface area contributed by atoms with Gasteiger partial charge in [-0.1, -0.05) is 23.7 Å². The van der Waals surface area contributed by atoms with Crippen LogP contribution in [0.15, 0.2) is 42.5 Å². The predicted molar refractivity (Wildman–Crippen MR) is 97.1 cm³/mol. The van der Waals surface area contributed by atoms with Crippen molar-refractivity contribution in [1.82, 2.24) is 0 Å². The third kappa shape index (κ3) is 5.44. The average Bonchev–Trinajstić information content (AvgIpc) is 2.58. The van der Waals surface area contributed by atoms with Crippen molar-refractivity contribution in [2.75, 3.05) is 37.5 Å². The molecule has 0 aliphatic carbocycles. The number of hydrogen-bond acceptors (Lipinski definition) is 4. The van der Waals surface area contributed by atoms with Crippen LogP contribution in [0, 0.1) is 6.92 Å². The highest BCUT2D eigenvalue weighted by atomic mass is 35.5. The van der Waals surface area contributed by atoms with Gasteiger partial charge in [0.2, 0.25) is 5.91 Å². The molecule has 0 saturated heterocycles. The molecule has 0 atom stereocenters. The Morgan fingerprint density at radius 3 is 2.75 bits per heavy atom. The van der Waals surface area contributed by atoms with Crippen LogP contribution in [0.3, 0.4) is 0 Å². The number of hydrogen-bond donors (Lipinski definition) is 2. The summed E-state index contributed by atoms with van der Waals surface area (Å²) in [4.78, 5) is 12.1. The van der Waals surface area contributed by atoms with E-state index in [4.69, 9.17) is 21.1 Å². The van der Waals surface area contributed by atoms with Gasteiger partial charge in [0.05, 0.1) is 13.2 Å². The summed E-state index contributed by atoms with van der Waals surface area (Å²) in [6, 6.07) is 12.9. The lowest BCUT2D eigenvalue weighted by atomic mass is 10.2. The van der Waals surface area contributed by atoms with Crippen molar-refractivity contribution in [3.8, 4) is 5.75 Å². The van der Waals surface area contributed by atoms with Crippen LogP contribution in [-0.4, -0.2) is 32.8 Å². The SMILES string of the molecule is COCCOc1cccc(NCC(=O)Nc2cccc(Cl)c2C)c1. The fourth-order valence-corrected chi connectivity index (χ4v) is 2.23. The lowest BCUT2D eigenvalue weighted by Gasteiger charge is -2.12. The van der Waals surface area contributed by atoms with Crippen LogP contribution in [0.1, 0.15) is 5.56 Å². The van der Waals surface area contributed by atoms with Crippen LogP contribution in [0.25, 0.3) is 0 Å². The smallest absolute Gasteiger partial charge is 0.243 e. The summed E-state index contributed by atoms with van der Waals surface area (Å²) in [5.41, 5.74) is 2.37. The van der Waals surface area contributed by atoms with E-state index in [1.165, 1.54) is 0 Å². The summed E-state index contributed by atoms with van der Waals surface area (Å²) in [7, 11) is 1.63. The van der Waals surface area contributed by atoms with Gasteiger partial charge in [-0.05, 0) is 36.8 Å². The normalized spacial score (nSPS) is 10.3. The Morgan fingerprint density at radius 2 is 1.96 bits per heavy atom. The fraction of sp³-hybridized carbons (Fsp3) is 0.278. The first-order chi connectivity index (χ1) is 11.6. The number of halogens is 1. The molecule has 2 N–H and O–H groups in total. The Kier molecular flexibility index (Phi) is 6.90. The number of carbonyl (C=O) groups is 1. The third-order valence-electron chi connectivity index (χ3n) is 3.39. The molecule has 0 saturated carbocycles. The molecule has 0 aliphatic heterocycles. The molecule has 0 heterocycles. The first kappa shape index (κ1) is 18.1. The van der Waals surface area contributed by atoms with Crippen LogP contribution in [0.5, 0.6) is 5.75 Å². The maximum Gasteiger partial charge on any atom is 0.243 e. The Labute approximate surface area is 146 Å². The number of ether oxygens (including phenoxy) is 2. The van der Waals surface area contributed by atoms with E-state index in [1.807, 2.05) is 37.3 Å². The van der Waals surface area contributed by atoms with Crippen LogP contribution in [-0.2, 0) is 9.53 Å². The Hall–Kier alpha value is -2.24. The van der Waals surface area contributed by atoms with Crippen LogP contribution < -0.4 is 15.4 Å². The minimum Gasteiger partial charge on any atom is -0.491 e. The van der Waals surface area contributed by atoms with Gasteiger partial charge in [-0.15, -0.1) is 0 Å². The molecule has 0 aromatic heterocycles. The molecule has 0 unspecified atom stereocenters. The monoisotopic (exact) mass is 348 g/mol. The molecule has 128 valence electrons.